The van der Waals surface area contributed by atoms with Crippen molar-refractivity contribution in [2.24, 2.45) is 0 Å². The van der Waals surface area contributed by atoms with Crippen molar-refractivity contribution in [3.8, 4) is 0 Å². The number of aryl methyl sites for hydroxylation is 1. The SMILES string of the molecule is CCCNc1cc(C(=O)N2CCNC(=O)CC2)cc(C)n1. The lowest BCUT2D eigenvalue weighted by atomic mass is 10.2. The monoisotopic (exact) mass is 290 g/mol. The van der Waals surface area contributed by atoms with Gasteiger partial charge in [0, 0.05) is 43.9 Å². The van der Waals surface area contributed by atoms with Crippen molar-refractivity contribution in [3.63, 3.8) is 0 Å². The molecule has 1 aliphatic rings. The second-order valence-electron chi connectivity index (χ2n) is 5.20. The normalized spacial score (nSPS) is 15.3. The first-order chi connectivity index (χ1) is 10.1. The predicted octanol–water partition coefficient (Wildman–Crippen LogP) is 1.17. The molecule has 1 aromatic rings. The number of hydrogen-bond acceptors (Lipinski definition) is 4. The third kappa shape index (κ3) is 4.18. The molecule has 1 fully saturated rings. The summed E-state index contributed by atoms with van der Waals surface area (Å²) in [5, 5.41) is 5.98. The van der Waals surface area contributed by atoms with Crippen LogP contribution in [0.5, 0.6) is 0 Å². The Morgan fingerprint density at radius 2 is 2.24 bits per heavy atom. The first kappa shape index (κ1) is 15.3. The number of pyridine rings is 1. The van der Waals surface area contributed by atoms with Gasteiger partial charge >= 0.3 is 0 Å². The highest BCUT2D eigenvalue weighted by Gasteiger charge is 2.20. The zero-order valence-corrected chi connectivity index (χ0v) is 12.6. The highest BCUT2D eigenvalue weighted by molar-refractivity contribution is 5.95. The second kappa shape index (κ2) is 7.06. The van der Waals surface area contributed by atoms with E-state index in [2.05, 4.69) is 22.5 Å². The average molecular weight is 290 g/mol. The Balaban J connectivity index is 2.14. The molecule has 0 aliphatic carbocycles. The van der Waals surface area contributed by atoms with Crippen molar-refractivity contribution in [3.05, 3.63) is 23.4 Å². The van der Waals surface area contributed by atoms with Crippen molar-refractivity contribution >= 4 is 17.6 Å². The molecular formula is C15H22N4O2. The van der Waals surface area contributed by atoms with Crippen LogP contribution in [0.25, 0.3) is 0 Å². The van der Waals surface area contributed by atoms with Crippen LogP contribution < -0.4 is 10.6 Å². The topological polar surface area (TPSA) is 74.3 Å². The highest BCUT2D eigenvalue weighted by atomic mass is 16.2. The first-order valence-corrected chi connectivity index (χ1v) is 7.38. The van der Waals surface area contributed by atoms with E-state index in [0.29, 0.717) is 31.6 Å². The average Bonchev–Trinajstić information content (AvgIpc) is 2.68. The van der Waals surface area contributed by atoms with Crippen molar-refractivity contribution in [2.45, 2.75) is 26.7 Å². The molecule has 0 unspecified atom stereocenters. The zero-order valence-electron chi connectivity index (χ0n) is 12.6. The van der Waals surface area contributed by atoms with Gasteiger partial charge in [0.05, 0.1) is 0 Å². The summed E-state index contributed by atoms with van der Waals surface area (Å²) in [6, 6.07) is 3.57. The van der Waals surface area contributed by atoms with Crippen molar-refractivity contribution in [2.75, 3.05) is 31.5 Å². The molecule has 1 aromatic heterocycles. The highest BCUT2D eigenvalue weighted by Crippen LogP contribution is 2.13. The summed E-state index contributed by atoms with van der Waals surface area (Å²) in [6.45, 7) is 6.30. The second-order valence-corrected chi connectivity index (χ2v) is 5.20. The van der Waals surface area contributed by atoms with Crippen LogP contribution in [0.4, 0.5) is 5.82 Å². The number of aromatic nitrogens is 1. The zero-order chi connectivity index (χ0) is 15.2. The van der Waals surface area contributed by atoms with Crippen LogP contribution in [-0.2, 0) is 4.79 Å². The summed E-state index contributed by atoms with van der Waals surface area (Å²) in [5.74, 6) is 0.683. The van der Waals surface area contributed by atoms with E-state index in [1.165, 1.54) is 0 Å². The predicted molar refractivity (Wildman–Crippen MR) is 81.3 cm³/mol. The summed E-state index contributed by atoms with van der Waals surface area (Å²) in [6.07, 6.45) is 1.36. The van der Waals surface area contributed by atoms with Gasteiger partial charge in [-0.1, -0.05) is 6.92 Å². The number of anilines is 1. The van der Waals surface area contributed by atoms with Crippen LogP contribution >= 0.6 is 0 Å². The van der Waals surface area contributed by atoms with Crippen molar-refractivity contribution in [1.82, 2.24) is 15.2 Å². The number of nitrogens with one attached hydrogen (secondary N) is 2. The van der Waals surface area contributed by atoms with E-state index in [9.17, 15) is 9.59 Å². The maximum Gasteiger partial charge on any atom is 0.254 e. The molecule has 0 aromatic carbocycles. The van der Waals surface area contributed by atoms with E-state index in [-0.39, 0.29) is 11.8 Å². The molecular weight excluding hydrogens is 268 g/mol. The number of hydrogen-bond donors (Lipinski definition) is 2. The van der Waals surface area contributed by atoms with Crippen LogP contribution in [0.2, 0.25) is 0 Å². The molecule has 21 heavy (non-hydrogen) atoms. The molecule has 2 amide bonds. The Kier molecular flexibility index (Phi) is 5.14. The minimum Gasteiger partial charge on any atom is -0.370 e. The lowest BCUT2D eigenvalue weighted by Crippen LogP contribution is -2.34. The maximum atomic E-state index is 12.6. The maximum absolute atomic E-state index is 12.6. The minimum atomic E-state index is -0.0449. The van der Waals surface area contributed by atoms with Crippen LogP contribution in [0, 0.1) is 6.92 Å². The molecule has 0 saturated carbocycles. The minimum absolute atomic E-state index is 0.00140. The summed E-state index contributed by atoms with van der Waals surface area (Å²) >= 11 is 0. The molecule has 6 nitrogen and oxygen atoms in total. The largest absolute Gasteiger partial charge is 0.370 e. The van der Waals surface area contributed by atoms with E-state index >= 15 is 0 Å². The molecule has 1 aliphatic heterocycles. The van der Waals surface area contributed by atoms with Crippen LogP contribution in [0.3, 0.4) is 0 Å². The van der Waals surface area contributed by atoms with E-state index in [1.807, 2.05) is 6.92 Å². The lowest BCUT2D eigenvalue weighted by Gasteiger charge is -2.20. The number of carbonyl (C=O) groups excluding carboxylic acids is 2. The van der Waals surface area contributed by atoms with Gasteiger partial charge in [0.15, 0.2) is 0 Å². The molecule has 0 atom stereocenters. The van der Waals surface area contributed by atoms with Crippen molar-refractivity contribution < 1.29 is 9.59 Å². The summed E-state index contributed by atoms with van der Waals surface area (Å²) in [5.41, 5.74) is 1.43. The molecule has 0 radical (unpaired) electrons. The van der Waals surface area contributed by atoms with Gasteiger partial charge in [-0.05, 0) is 25.5 Å². The quantitative estimate of drug-likeness (QED) is 0.873. The summed E-state index contributed by atoms with van der Waals surface area (Å²) in [4.78, 5) is 30.0. The smallest absolute Gasteiger partial charge is 0.254 e. The Morgan fingerprint density at radius 1 is 1.43 bits per heavy atom. The molecule has 0 bridgehead atoms. The fraction of sp³-hybridized carbons (Fsp3) is 0.533. The van der Waals surface area contributed by atoms with Gasteiger partial charge in [-0.2, -0.15) is 0 Å². The third-order valence-corrected chi connectivity index (χ3v) is 3.36. The molecule has 2 rings (SSSR count). The summed E-state index contributed by atoms with van der Waals surface area (Å²) < 4.78 is 0. The number of amides is 2. The first-order valence-electron chi connectivity index (χ1n) is 7.38. The molecule has 1 saturated heterocycles. The van der Waals surface area contributed by atoms with Crippen LogP contribution in [-0.4, -0.2) is 47.9 Å². The Morgan fingerprint density at radius 3 is 3.00 bits per heavy atom. The number of nitrogens with zero attached hydrogens (tertiary/aromatic N) is 2. The Bertz CT molecular complexity index is 530. The van der Waals surface area contributed by atoms with Gasteiger partial charge in [0.2, 0.25) is 5.91 Å². The fourth-order valence-electron chi connectivity index (χ4n) is 2.29. The van der Waals surface area contributed by atoms with E-state index in [0.717, 1.165) is 24.5 Å². The molecule has 0 spiro atoms. The number of carbonyl (C=O) groups is 2. The van der Waals surface area contributed by atoms with Gasteiger partial charge in [-0.3, -0.25) is 9.59 Å². The lowest BCUT2D eigenvalue weighted by molar-refractivity contribution is -0.120. The van der Waals surface area contributed by atoms with Gasteiger partial charge in [-0.25, -0.2) is 4.98 Å². The standard InChI is InChI=1S/C15H22N4O2/c1-3-5-16-13-10-12(9-11(2)18-13)15(21)19-7-4-14(20)17-6-8-19/h9-10H,3-8H2,1-2H3,(H,16,18)(H,17,20). The van der Waals surface area contributed by atoms with E-state index < -0.39 is 0 Å². The van der Waals surface area contributed by atoms with Gasteiger partial charge in [0.1, 0.15) is 5.82 Å². The Labute approximate surface area is 124 Å². The van der Waals surface area contributed by atoms with Crippen LogP contribution in [0.1, 0.15) is 35.8 Å². The van der Waals surface area contributed by atoms with Gasteiger partial charge in [0.25, 0.3) is 5.91 Å². The van der Waals surface area contributed by atoms with E-state index in [1.54, 1.807) is 17.0 Å². The van der Waals surface area contributed by atoms with Gasteiger partial charge in [-0.15, -0.1) is 0 Å². The molecule has 6 heteroatoms. The van der Waals surface area contributed by atoms with E-state index in [4.69, 9.17) is 0 Å². The molecule has 114 valence electrons. The fourth-order valence-corrected chi connectivity index (χ4v) is 2.29. The molecule has 2 heterocycles. The van der Waals surface area contributed by atoms with Gasteiger partial charge < -0.3 is 15.5 Å². The molecule has 2 N–H and O–H groups in total. The Hall–Kier alpha value is -2.11. The van der Waals surface area contributed by atoms with Crippen LogP contribution in [0.15, 0.2) is 12.1 Å². The third-order valence-electron chi connectivity index (χ3n) is 3.36. The van der Waals surface area contributed by atoms with Crippen molar-refractivity contribution in [1.29, 1.82) is 0 Å². The summed E-state index contributed by atoms with van der Waals surface area (Å²) in [7, 11) is 0. The number of rotatable bonds is 4.